The molecule has 1 aliphatic heterocycles. The van der Waals surface area contributed by atoms with Gasteiger partial charge in [-0.15, -0.1) is 0 Å². The maximum absolute atomic E-state index is 11.0. The number of primary sulfonamides is 1. The first-order chi connectivity index (χ1) is 6.57. The fourth-order valence-corrected chi connectivity index (χ4v) is 1.82. The van der Waals surface area contributed by atoms with E-state index in [1.54, 1.807) is 6.07 Å². The Bertz CT molecular complexity index is 456. The molecule has 76 valence electrons. The summed E-state index contributed by atoms with van der Waals surface area (Å²) in [5, 5.41) is 8.07. The van der Waals surface area contributed by atoms with E-state index in [1.807, 2.05) is 0 Å². The lowest BCUT2D eigenvalue weighted by Crippen LogP contribution is -2.19. The monoisotopic (exact) mass is 214 g/mol. The molecule has 0 radical (unpaired) electrons. The summed E-state index contributed by atoms with van der Waals surface area (Å²) in [6.45, 7) is 1.25. The molecule has 1 aromatic carbocycles. The summed E-state index contributed by atoms with van der Waals surface area (Å²) in [5.41, 5.74) is 0.795. The second kappa shape index (κ2) is 3.14. The first-order valence-electron chi connectivity index (χ1n) is 4.11. The summed E-state index contributed by atoms with van der Waals surface area (Å²) in [6, 6.07) is 4.53. The Morgan fingerprint density at radius 1 is 1.43 bits per heavy atom. The van der Waals surface area contributed by atoms with Crippen LogP contribution < -0.4 is 15.2 Å². The Balaban J connectivity index is 2.49. The van der Waals surface area contributed by atoms with Gasteiger partial charge < -0.3 is 10.1 Å². The number of hydrogen-bond donors (Lipinski definition) is 2. The van der Waals surface area contributed by atoms with Crippen LogP contribution in [0, 0.1) is 0 Å². The number of anilines is 1. The molecule has 0 unspecified atom stereocenters. The highest BCUT2D eigenvalue weighted by Crippen LogP contribution is 2.29. The van der Waals surface area contributed by atoms with Gasteiger partial charge in [0.25, 0.3) is 0 Å². The molecule has 6 heteroatoms. The molecular formula is C8H10N2O3S. The van der Waals surface area contributed by atoms with Gasteiger partial charge in [-0.1, -0.05) is 0 Å². The van der Waals surface area contributed by atoms with E-state index in [1.165, 1.54) is 12.1 Å². The number of fused-ring (bicyclic) bond motifs is 1. The molecular weight excluding hydrogens is 204 g/mol. The van der Waals surface area contributed by atoms with Gasteiger partial charge in [-0.2, -0.15) is 0 Å². The lowest BCUT2D eigenvalue weighted by Gasteiger charge is -2.19. The van der Waals surface area contributed by atoms with Crippen molar-refractivity contribution in [2.45, 2.75) is 4.90 Å². The van der Waals surface area contributed by atoms with Crippen molar-refractivity contribution in [2.24, 2.45) is 5.14 Å². The molecule has 0 bridgehead atoms. The van der Waals surface area contributed by atoms with E-state index in [0.29, 0.717) is 12.4 Å². The predicted octanol–water partition coefficient (Wildman–Crippen LogP) is 0.138. The second-order valence-corrected chi connectivity index (χ2v) is 4.54. The zero-order chi connectivity index (χ0) is 10.2. The first kappa shape index (κ1) is 9.29. The lowest BCUT2D eigenvalue weighted by molar-refractivity contribution is 0.322. The van der Waals surface area contributed by atoms with Crippen LogP contribution in [0.2, 0.25) is 0 Å². The third-order valence-electron chi connectivity index (χ3n) is 1.96. The van der Waals surface area contributed by atoms with Gasteiger partial charge in [-0.25, -0.2) is 13.6 Å². The van der Waals surface area contributed by atoms with Gasteiger partial charge in [0.15, 0.2) is 0 Å². The van der Waals surface area contributed by atoms with Gasteiger partial charge >= 0.3 is 0 Å². The molecule has 1 aliphatic rings. The number of nitrogens with two attached hydrogens (primary N) is 1. The van der Waals surface area contributed by atoms with Crippen LogP contribution in [0.5, 0.6) is 5.75 Å². The largest absolute Gasteiger partial charge is 0.490 e. The van der Waals surface area contributed by atoms with E-state index in [-0.39, 0.29) is 4.90 Å². The van der Waals surface area contributed by atoms with Crippen molar-refractivity contribution in [3.8, 4) is 5.75 Å². The van der Waals surface area contributed by atoms with Crippen LogP contribution in [0.3, 0.4) is 0 Å². The zero-order valence-corrected chi connectivity index (χ0v) is 8.17. The smallest absolute Gasteiger partial charge is 0.238 e. The zero-order valence-electron chi connectivity index (χ0n) is 7.36. The maximum atomic E-state index is 11.0. The minimum atomic E-state index is -3.64. The molecule has 5 nitrogen and oxygen atoms in total. The minimum absolute atomic E-state index is 0.0694. The molecule has 0 atom stereocenters. The topological polar surface area (TPSA) is 81.4 Å². The molecule has 0 saturated heterocycles. The van der Waals surface area contributed by atoms with Crippen LogP contribution in [0.4, 0.5) is 5.69 Å². The lowest BCUT2D eigenvalue weighted by atomic mass is 10.2. The van der Waals surface area contributed by atoms with E-state index >= 15 is 0 Å². The highest BCUT2D eigenvalue weighted by atomic mass is 32.2. The number of benzene rings is 1. The fraction of sp³-hybridized carbons (Fsp3) is 0.250. The maximum Gasteiger partial charge on any atom is 0.238 e. The Morgan fingerprint density at radius 3 is 2.93 bits per heavy atom. The Hall–Kier alpha value is -1.27. The van der Waals surface area contributed by atoms with Crippen LogP contribution in [-0.4, -0.2) is 21.6 Å². The number of nitrogens with one attached hydrogen (secondary N) is 1. The average Bonchev–Trinajstić information content (AvgIpc) is 2.16. The minimum Gasteiger partial charge on any atom is -0.490 e. The van der Waals surface area contributed by atoms with Crippen molar-refractivity contribution in [3.05, 3.63) is 18.2 Å². The van der Waals surface area contributed by atoms with E-state index in [0.717, 1.165) is 12.2 Å². The second-order valence-electron chi connectivity index (χ2n) is 2.98. The third kappa shape index (κ3) is 1.66. The van der Waals surface area contributed by atoms with Crippen LogP contribution in [0.15, 0.2) is 23.1 Å². The Morgan fingerprint density at radius 2 is 2.21 bits per heavy atom. The molecule has 2 rings (SSSR count). The Labute approximate surface area is 81.9 Å². The summed E-state index contributed by atoms with van der Waals surface area (Å²) >= 11 is 0. The number of ether oxygens (including phenoxy) is 1. The van der Waals surface area contributed by atoms with E-state index in [2.05, 4.69) is 5.32 Å². The molecule has 0 fully saturated rings. The van der Waals surface area contributed by atoms with Gasteiger partial charge in [0.2, 0.25) is 10.0 Å². The summed E-state index contributed by atoms with van der Waals surface area (Å²) < 4.78 is 27.3. The summed E-state index contributed by atoms with van der Waals surface area (Å²) in [4.78, 5) is 0.0694. The molecule has 1 aromatic rings. The van der Waals surface area contributed by atoms with E-state index in [4.69, 9.17) is 9.88 Å². The third-order valence-corrected chi connectivity index (χ3v) is 2.87. The summed E-state index contributed by atoms with van der Waals surface area (Å²) in [7, 11) is -3.64. The van der Waals surface area contributed by atoms with Gasteiger partial charge in [-0.05, 0) is 12.1 Å². The van der Waals surface area contributed by atoms with Crippen molar-refractivity contribution >= 4 is 15.7 Å². The van der Waals surface area contributed by atoms with E-state index in [9.17, 15) is 8.42 Å². The van der Waals surface area contributed by atoms with E-state index < -0.39 is 10.0 Å². The summed E-state index contributed by atoms with van der Waals surface area (Å²) in [6.07, 6.45) is 0. The van der Waals surface area contributed by atoms with Crippen molar-refractivity contribution < 1.29 is 13.2 Å². The normalized spacial score (nSPS) is 15.2. The average molecular weight is 214 g/mol. The van der Waals surface area contributed by atoms with Crippen LogP contribution >= 0.6 is 0 Å². The molecule has 0 saturated carbocycles. The van der Waals surface area contributed by atoms with Crippen molar-refractivity contribution in [2.75, 3.05) is 18.5 Å². The fourth-order valence-electron chi connectivity index (χ4n) is 1.29. The summed E-state index contributed by atoms with van der Waals surface area (Å²) in [5.74, 6) is 0.530. The van der Waals surface area contributed by atoms with Gasteiger partial charge in [0.1, 0.15) is 12.4 Å². The molecule has 14 heavy (non-hydrogen) atoms. The molecule has 0 aliphatic carbocycles. The van der Waals surface area contributed by atoms with Crippen molar-refractivity contribution in [1.82, 2.24) is 0 Å². The Kier molecular flexibility index (Phi) is 2.09. The number of hydrogen-bond acceptors (Lipinski definition) is 4. The standard InChI is InChI=1S/C8H10N2O3S/c9-14(11,12)6-1-2-7-8(5-6)13-4-3-10-7/h1-2,5,10H,3-4H2,(H2,9,11,12). The molecule has 0 amide bonds. The van der Waals surface area contributed by atoms with Crippen LogP contribution in [0.1, 0.15) is 0 Å². The molecule has 0 aromatic heterocycles. The van der Waals surface area contributed by atoms with Gasteiger partial charge in [-0.3, -0.25) is 0 Å². The highest BCUT2D eigenvalue weighted by Gasteiger charge is 2.14. The van der Waals surface area contributed by atoms with Crippen molar-refractivity contribution in [1.29, 1.82) is 0 Å². The highest BCUT2D eigenvalue weighted by molar-refractivity contribution is 7.89. The quantitative estimate of drug-likeness (QED) is 0.696. The molecule has 3 N–H and O–H groups in total. The van der Waals surface area contributed by atoms with Crippen LogP contribution in [0.25, 0.3) is 0 Å². The number of rotatable bonds is 1. The SMILES string of the molecule is NS(=O)(=O)c1ccc2c(c1)OCCN2. The van der Waals surface area contributed by atoms with Crippen LogP contribution in [-0.2, 0) is 10.0 Å². The van der Waals surface area contributed by atoms with Gasteiger partial charge in [0, 0.05) is 12.6 Å². The molecule has 0 spiro atoms. The van der Waals surface area contributed by atoms with Gasteiger partial charge in [0.05, 0.1) is 10.6 Å². The first-order valence-corrected chi connectivity index (χ1v) is 5.65. The predicted molar refractivity (Wildman–Crippen MR) is 51.8 cm³/mol. The molecule has 1 heterocycles. The number of sulfonamides is 1. The van der Waals surface area contributed by atoms with Crippen molar-refractivity contribution in [3.63, 3.8) is 0 Å².